The number of thiazole rings is 1. The molecule has 0 saturated carbocycles. The summed E-state index contributed by atoms with van der Waals surface area (Å²) < 4.78 is 39.2. The molecule has 130 valence electrons. The Labute approximate surface area is 141 Å². The molecule has 0 radical (unpaired) electrons. The summed E-state index contributed by atoms with van der Waals surface area (Å²) in [6.07, 6.45) is -1.42. The highest BCUT2D eigenvalue weighted by Crippen LogP contribution is 2.37. The number of nitrogens with zero attached hydrogens (tertiary/aromatic N) is 2. The van der Waals surface area contributed by atoms with E-state index in [0.717, 1.165) is 16.9 Å². The lowest BCUT2D eigenvalue weighted by molar-refractivity contribution is 0.0859. The normalized spacial score (nSPS) is 11.7. The summed E-state index contributed by atoms with van der Waals surface area (Å²) in [4.78, 5) is 19.8. The lowest BCUT2D eigenvalue weighted by Gasteiger charge is -2.22. The van der Waals surface area contributed by atoms with Gasteiger partial charge in [-0.3, -0.25) is 4.79 Å². The molecular formula is C15H17F3N4OS. The summed E-state index contributed by atoms with van der Waals surface area (Å²) in [6, 6.07) is 1.28. The third-order valence-corrected chi connectivity index (χ3v) is 4.18. The van der Waals surface area contributed by atoms with E-state index >= 15 is 0 Å². The molecule has 0 saturated heterocycles. The van der Waals surface area contributed by atoms with Crippen molar-refractivity contribution in [3.8, 4) is 10.4 Å². The molecule has 0 spiro atoms. The minimum atomic E-state index is -2.73. The first-order chi connectivity index (χ1) is 11.1. The van der Waals surface area contributed by atoms with Crippen molar-refractivity contribution in [2.45, 2.75) is 39.7 Å². The first kappa shape index (κ1) is 18.2. The second-order valence-electron chi connectivity index (χ2n) is 6.19. The van der Waals surface area contributed by atoms with E-state index in [9.17, 15) is 18.1 Å². The maximum Gasteiger partial charge on any atom is 0.307 e. The van der Waals surface area contributed by atoms with Gasteiger partial charge in [-0.2, -0.15) is 5.54 Å². The minimum Gasteiger partial charge on any atom is -0.365 e. The summed E-state index contributed by atoms with van der Waals surface area (Å²) >= 11 is 0.839. The van der Waals surface area contributed by atoms with E-state index in [1.807, 2.05) is 20.8 Å². The predicted octanol–water partition coefficient (Wildman–Crippen LogP) is 4.28. The van der Waals surface area contributed by atoms with Gasteiger partial charge in [0.25, 0.3) is 6.43 Å². The number of nitrogens with one attached hydrogen (secondary N) is 2. The topological polar surface area (TPSA) is 66.9 Å². The van der Waals surface area contributed by atoms with Crippen LogP contribution in [0.4, 0.5) is 19.1 Å². The number of hydrogen-bond donors (Lipinski definition) is 2. The van der Waals surface area contributed by atoms with E-state index in [1.165, 1.54) is 12.3 Å². The number of carbonyl (C=O) groups is 1. The Hall–Kier alpha value is -2.16. The van der Waals surface area contributed by atoms with Crippen LogP contribution in [0.25, 0.3) is 10.4 Å². The van der Waals surface area contributed by atoms with Crippen molar-refractivity contribution in [2.75, 3.05) is 5.32 Å². The summed E-state index contributed by atoms with van der Waals surface area (Å²) in [5.41, 5.74) is 0.960. The highest BCUT2D eigenvalue weighted by molar-refractivity contribution is 7.17. The molecule has 2 heterocycles. The van der Waals surface area contributed by atoms with E-state index in [2.05, 4.69) is 15.3 Å². The van der Waals surface area contributed by atoms with Gasteiger partial charge >= 0.3 is 5.91 Å². The number of pyridine rings is 1. The molecule has 0 bridgehead atoms. The van der Waals surface area contributed by atoms with Crippen LogP contribution in [0.2, 0.25) is 0 Å². The number of carbonyl (C=O) groups excluding carboxylic acids is 1. The van der Waals surface area contributed by atoms with Crippen molar-refractivity contribution in [1.29, 1.82) is 0 Å². The molecule has 0 unspecified atom stereocenters. The number of amides is 1. The molecule has 2 aromatic rings. The number of alkyl halides is 2. The van der Waals surface area contributed by atoms with Crippen LogP contribution in [0.15, 0.2) is 12.3 Å². The van der Waals surface area contributed by atoms with Crippen molar-refractivity contribution in [2.24, 2.45) is 0 Å². The maximum atomic E-state index is 13.5. The third-order valence-electron chi connectivity index (χ3n) is 3.00. The van der Waals surface area contributed by atoms with Crippen LogP contribution >= 0.6 is 11.3 Å². The second-order valence-corrected chi connectivity index (χ2v) is 7.19. The molecule has 0 aromatic carbocycles. The lowest BCUT2D eigenvalue weighted by Crippen LogP contribution is -2.26. The monoisotopic (exact) mass is 358 g/mol. The Morgan fingerprint density at radius 1 is 1.33 bits per heavy atom. The van der Waals surface area contributed by atoms with Crippen molar-refractivity contribution >= 4 is 23.1 Å². The van der Waals surface area contributed by atoms with Crippen LogP contribution < -0.4 is 10.9 Å². The van der Waals surface area contributed by atoms with Crippen molar-refractivity contribution in [3.63, 3.8) is 0 Å². The number of aryl methyl sites for hydroxylation is 1. The van der Waals surface area contributed by atoms with Crippen molar-refractivity contribution < 1.29 is 18.1 Å². The van der Waals surface area contributed by atoms with Gasteiger partial charge in [0, 0.05) is 22.9 Å². The number of halogens is 3. The zero-order valence-corrected chi connectivity index (χ0v) is 14.4. The molecule has 2 aromatic heterocycles. The zero-order chi connectivity index (χ0) is 18.1. The van der Waals surface area contributed by atoms with Gasteiger partial charge in [-0.15, -0.1) is 11.3 Å². The molecule has 0 fully saturated rings. The number of aromatic nitrogens is 2. The minimum absolute atomic E-state index is 0.137. The number of rotatable bonds is 4. The number of hydrogen-bond acceptors (Lipinski definition) is 5. The smallest absolute Gasteiger partial charge is 0.307 e. The quantitative estimate of drug-likeness (QED) is 0.801. The van der Waals surface area contributed by atoms with E-state index in [4.69, 9.17) is 0 Å². The fraction of sp³-hybridized carbons (Fsp3) is 0.400. The largest absolute Gasteiger partial charge is 0.365 e. The molecule has 0 aliphatic heterocycles. The molecular weight excluding hydrogens is 341 g/mol. The molecule has 0 aliphatic carbocycles. The molecule has 1 amide bonds. The molecule has 5 nitrogen and oxygen atoms in total. The van der Waals surface area contributed by atoms with Crippen LogP contribution in [0, 0.1) is 6.92 Å². The van der Waals surface area contributed by atoms with Gasteiger partial charge in [-0.1, -0.05) is 4.48 Å². The van der Waals surface area contributed by atoms with Gasteiger partial charge in [0.15, 0.2) is 5.01 Å². The molecule has 2 N–H and O–H groups in total. The van der Waals surface area contributed by atoms with E-state index in [-0.39, 0.29) is 21.7 Å². The molecule has 2 rings (SSSR count). The average Bonchev–Trinajstić information content (AvgIpc) is 2.86. The van der Waals surface area contributed by atoms with E-state index < -0.39 is 12.3 Å². The Kier molecular flexibility index (Phi) is 5.12. The van der Waals surface area contributed by atoms with Gasteiger partial charge < -0.3 is 5.32 Å². The second kappa shape index (κ2) is 6.76. The highest BCUT2D eigenvalue weighted by Gasteiger charge is 2.22. The van der Waals surface area contributed by atoms with Gasteiger partial charge in [0.1, 0.15) is 5.82 Å². The highest BCUT2D eigenvalue weighted by atomic mass is 32.1. The third kappa shape index (κ3) is 4.02. The molecule has 0 atom stereocenters. The lowest BCUT2D eigenvalue weighted by atomic mass is 10.1. The average molecular weight is 358 g/mol. The van der Waals surface area contributed by atoms with Crippen molar-refractivity contribution in [3.05, 3.63) is 28.5 Å². The maximum absolute atomic E-state index is 13.5. The van der Waals surface area contributed by atoms with Crippen LogP contribution in [0.5, 0.6) is 0 Å². The summed E-state index contributed by atoms with van der Waals surface area (Å²) in [5, 5.41) is 2.89. The fourth-order valence-electron chi connectivity index (χ4n) is 2.08. The van der Waals surface area contributed by atoms with Crippen LogP contribution in [-0.2, 0) is 0 Å². The standard InChI is InChI=1S/C15H17F3N4OS/c1-7-11(24-14(20-7)13(23)22-18)9-6-19-10(21-15(2,3)4)5-8(9)12(16)17/h5-6,12H,1-4H3,(H,19,21)(H,22,23). The molecule has 24 heavy (non-hydrogen) atoms. The number of anilines is 1. The summed E-state index contributed by atoms with van der Waals surface area (Å²) in [6.45, 7) is 7.23. The molecule has 9 heteroatoms. The summed E-state index contributed by atoms with van der Waals surface area (Å²) in [5.74, 6) is -0.683. The molecule has 0 aliphatic rings. The zero-order valence-electron chi connectivity index (χ0n) is 13.6. The van der Waals surface area contributed by atoms with Gasteiger partial charge in [-0.25, -0.2) is 18.7 Å². The first-order valence-corrected chi connectivity index (χ1v) is 7.89. The predicted molar refractivity (Wildman–Crippen MR) is 87.0 cm³/mol. The van der Waals surface area contributed by atoms with Crippen molar-refractivity contribution in [1.82, 2.24) is 15.5 Å². The SMILES string of the molecule is Cc1nc(C(=O)NF)sc1-c1cnc(NC(C)(C)C)cc1C(F)F. The summed E-state index contributed by atoms with van der Waals surface area (Å²) in [7, 11) is 0. The van der Waals surface area contributed by atoms with E-state index in [0.29, 0.717) is 16.4 Å². The first-order valence-electron chi connectivity index (χ1n) is 7.07. The van der Waals surface area contributed by atoms with Crippen LogP contribution in [0.3, 0.4) is 0 Å². The van der Waals surface area contributed by atoms with Crippen LogP contribution in [0.1, 0.15) is 48.3 Å². The Bertz CT molecular complexity index is 756. The van der Waals surface area contributed by atoms with Crippen LogP contribution in [-0.4, -0.2) is 21.4 Å². The van der Waals surface area contributed by atoms with Gasteiger partial charge in [-0.05, 0) is 33.8 Å². The van der Waals surface area contributed by atoms with Gasteiger partial charge in [0.2, 0.25) is 0 Å². The van der Waals surface area contributed by atoms with E-state index in [1.54, 1.807) is 6.92 Å². The fourth-order valence-corrected chi connectivity index (χ4v) is 3.06. The van der Waals surface area contributed by atoms with Gasteiger partial charge in [0.05, 0.1) is 10.6 Å². The Morgan fingerprint density at radius 2 is 2.00 bits per heavy atom. The Morgan fingerprint density at radius 3 is 2.54 bits per heavy atom. The Balaban J connectivity index is 2.50.